The van der Waals surface area contributed by atoms with Gasteiger partial charge in [-0.3, -0.25) is 4.79 Å². The number of ether oxygens (including phenoxy) is 1. The van der Waals surface area contributed by atoms with Gasteiger partial charge in [0.05, 0.1) is 29.0 Å². The van der Waals surface area contributed by atoms with Crippen LogP contribution in [0.3, 0.4) is 0 Å². The van der Waals surface area contributed by atoms with Crippen molar-refractivity contribution in [2.24, 2.45) is 0 Å². The largest absolute Gasteiger partial charge is 0.508 e. The fraction of sp³-hybridized carbons (Fsp3) is 0.348. The smallest absolute Gasteiger partial charge is 0.343 e. The number of phenols is 1. The number of cyclic esters (lactones) is 1. The van der Waals surface area contributed by atoms with E-state index in [1.54, 1.807) is 35.8 Å². The van der Waals surface area contributed by atoms with Gasteiger partial charge in [-0.25, -0.2) is 9.78 Å². The Morgan fingerprint density at radius 2 is 2.00 bits per heavy atom. The third-order valence-corrected chi connectivity index (χ3v) is 6.26. The number of aliphatic hydroxyl groups is 1. The van der Waals surface area contributed by atoms with Crippen molar-refractivity contribution in [1.29, 1.82) is 0 Å². The van der Waals surface area contributed by atoms with E-state index in [-0.39, 0.29) is 24.3 Å². The second-order valence-electron chi connectivity index (χ2n) is 8.46. The van der Waals surface area contributed by atoms with Crippen LogP contribution in [0.1, 0.15) is 35.6 Å². The first-order chi connectivity index (χ1) is 14.7. The maximum atomic E-state index is 13.3. The Bertz CT molecular complexity index is 1330. The first-order valence-electron chi connectivity index (χ1n) is 10.2. The van der Waals surface area contributed by atoms with Crippen LogP contribution >= 0.6 is 0 Å². The molecule has 0 fully saturated rings. The summed E-state index contributed by atoms with van der Waals surface area (Å²) in [4.78, 5) is 32.5. The first-order valence-corrected chi connectivity index (χ1v) is 10.2. The predicted molar refractivity (Wildman–Crippen MR) is 114 cm³/mol. The summed E-state index contributed by atoms with van der Waals surface area (Å²) in [5.74, 6) is -0.582. The van der Waals surface area contributed by atoms with Crippen molar-refractivity contribution in [1.82, 2.24) is 14.5 Å². The van der Waals surface area contributed by atoms with Crippen LogP contribution in [0.4, 0.5) is 0 Å². The SMILES string of the molecule is CC[C@@]1(O)C(=O)OCc2c1cc1n(c2=O)Cc2c-1nc1ccc(O)cc1c2CN(C)C. The Morgan fingerprint density at radius 3 is 2.71 bits per heavy atom. The summed E-state index contributed by atoms with van der Waals surface area (Å²) in [6.07, 6.45) is 0.102. The highest BCUT2D eigenvalue weighted by Crippen LogP contribution is 2.40. The zero-order valence-corrected chi connectivity index (χ0v) is 17.6. The van der Waals surface area contributed by atoms with Crippen LogP contribution in [0.5, 0.6) is 5.75 Å². The van der Waals surface area contributed by atoms with Crippen LogP contribution in [-0.2, 0) is 34.8 Å². The van der Waals surface area contributed by atoms with E-state index in [0.29, 0.717) is 41.1 Å². The van der Waals surface area contributed by atoms with E-state index in [4.69, 9.17) is 9.72 Å². The fourth-order valence-electron chi connectivity index (χ4n) is 4.65. The van der Waals surface area contributed by atoms with Crippen molar-refractivity contribution in [2.75, 3.05) is 14.1 Å². The van der Waals surface area contributed by atoms with Gasteiger partial charge in [0.2, 0.25) is 0 Å². The molecule has 8 heteroatoms. The van der Waals surface area contributed by atoms with Gasteiger partial charge in [-0.2, -0.15) is 0 Å². The minimum atomic E-state index is -1.85. The molecule has 0 aliphatic carbocycles. The number of benzene rings is 1. The molecule has 2 N–H and O–H groups in total. The molecule has 8 nitrogen and oxygen atoms in total. The van der Waals surface area contributed by atoms with Gasteiger partial charge in [0.25, 0.3) is 5.56 Å². The van der Waals surface area contributed by atoms with Crippen molar-refractivity contribution in [3.05, 3.63) is 56.9 Å². The Morgan fingerprint density at radius 1 is 1.23 bits per heavy atom. The topological polar surface area (TPSA) is 105 Å². The van der Waals surface area contributed by atoms with Crippen LogP contribution in [0.2, 0.25) is 0 Å². The van der Waals surface area contributed by atoms with E-state index in [1.807, 2.05) is 19.0 Å². The first kappa shape index (κ1) is 19.7. The minimum Gasteiger partial charge on any atom is -0.508 e. The molecule has 4 heterocycles. The van der Waals surface area contributed by atoms with E-state index in [0.717, 1.165) is 16.5 Å². The molecule has 0 saturated heterocycles. The molecule has 1 aromatic carbocycles. The summed E-state index contributed by atoms with van der Waals surface area (Å²) in [6, 6.07) is 6.75. The van der Waals surface area contributed by atoms with Crippen LogP contribution in [-0.4, -0.2) is 44.7 Å². The number of hydrogen-bond donors (Lipinski definition) is 2. The van der Waals surface area contributed by atoms with E-state index >= 15 is 0 Å². The molecular weight excluding hydrogens is 398 g/mol. The van der Waals surface area contributed by atoms with E-state index in [1.165, 1.54) is 0 Å². The van der Waals surface area contributed by atoms with Crippen molar-refractivity contribution < 1.29 is 19.7 Å². The predicted octanol–water partition coefficient (Wildman–Crippen LogP) is 1.85. The maximum Gasteiger partial charge on any atom is 0.343 e. The van der Waals surface area contributed by atoms with Crippen molar-refractivity contribution in [3.63, 3.8) is 0 Å². The maximum absolute atomic E-state index is 13.3. The highest BCUT2D eigenvalue weighted by molar-refractivity contribution is 5.89. The van der Waals surface area contributed by atoms with E-state index in [9.17, 15) is 19.8 Å². The quantitative estimate of drug-likeness (QED) is 0.487. The Balaban J connectivity index is 1.82. The van der Waals surface area contributed by atoms with Crippen LogP contribution < -0.4 is 5.56 Å². The number of aromatic hydroxyl groups is 1. The van der Waals surface area contributed by atoms with E-state index < -0.39 is 11.6 Å². The highest BCUT2D eigenvalue weighted by atomic mass is 16.6. The monoisotopic (exact) mass is 421 g/mol. The number of fused-ring (bicyclic) bond motifs is 5. The summed E-state index contributed by atoms with van der Waals surface area (Å²) in [5.41, 5.74) is 2.31. The number of aromatic nitrogens is 2. The van der Waals surface area contributed by atoms with Crippen LogP contribution in [0, 0.1) is 0 Å². The normalized spacial score (nSPS) is 19.3. The average Bonchev–Trinajstić information content (AvgIpc) is 3.10. The van der Waals surface area contributed by atoms with Crippen LogP contribution in [0.25, 0.3) is 22.3 Å². The van der Waals surface area contributed by atoms with Gasteiger partial charge < -0.3 is 24.4 Å². The zero-order valence-electron chi connectivity index (χ0n) is 17.6. The summed E-state index contributed by atoms with van der Waals surface area (Å²) in [5, 5.41) is 21.9. The molecule has 0 spiro atoms. The van der Waals surface area contributed by atoms with E-state index in [2.05, 4.69) is 0 Å². The van der Waals surface area contributed by atoms with Gasteiger partial charge in [-0.1, -0.05) is 6.92 Å². The number of pyridine rings is 2. The lowest BCUT2D eigenvalue weighted by atomic mass is 9.86. The number of hydrogen-bond acceptors (Lipinski definition) is 7. The molecule has 2 aromatic heterocycles. The zero-order chi connectivity index (χ0) is 22.1. The molecule has 0 bridgehead atoms. The van der Waals surface area contributed by atoms with Gasteiger partial charge in [0.15, 0.2) is 5.60 Å². The molecule has 160 valence electrons. The van der Waals surface area contributed by atoms with Gasteiger partial charge >= 0.3 is 5.97 Å². The Kier molecular flexibility index (Phi) is 4.22. The molecule has 5 rings (SSSR count). The Hall–Kier alpha value is -3.23. The molecule has 1 atom stereocenters. The van der Waals surface area contributed by atoms with Gasteiger partial charge in [0.1, 0.15) is 12.4 Å². The third-order valence-electron chi connectivity index (χ3n) is 6.26. The lowest BCUT2D eigenvalue weighted by Crippen LogP contribution is -2.44. The number of carbonyl (C=O) groups excluding carboxylic acids is 1. The summed E-state index contributed by atoms with van der Waals surface area (Å²) in [7, 11) is 3.91. The summed E-state index contributed by atoms with van der Waals surface area (Å²) >= 11 is 0. The van der Waals surface area contributed by atoms with Gasteiger partial charge in [-0.05, 0) is 50.3 Å². The number of nitrogens with zero attached hydrogens (tertiary/aromatic N) is 3. The standard InChI is InChI=1S/C23H23N3O5/c1-4-23(30)17-8-19-20-15(10-26(19)21(28)16(17)11-31-22(23)29)14(9-25(2)3)13-7-12(27)5-6-18(13)24-20/h5-8,27,30H,4,9-11H2,1-3H3/t23-/m0/s1. The Labute approximate surface area is 178 Å². The lowest BCUT2D eigenvalue weighted by molar-refractivity contribution is -0.172. The fourth-order valence-corrected chi connectivity index (χ4v) is 4.65. The van der Waals surface area contributed by atoms with Crippen molar-refractivity contribution in [3.8, 4) is 17.1 Å². The molecule has 3 aromatic rings. The summed E-state index contributed by atoms with van der Waals surface area (Å²) < 4.78 is 6.76. The molecule has 31 heavy (non-hydrogen) atoms. The molecular formula is C23H23N3O5. The lowest BCUT2D eigenvalue weighted by Gasteiger charge is -2.31. The molecule has 2 aliphatic rings. The minimum absolute atomic E-state index is 0.102. The van der Waals surface area contributed by atoms with Crippen molar-refractivity contribution in [2.45, 2.75) is 38.6 Å². The molecule has 0 radical (unpaired) electrons. The highest BCUT2D eigenvalue weighted by Gasteiger charge is 2.45. The number of phenolic OH excluding ortho intramolecular Hbond substituents is 1. The third kappa shape index (κ3) is 2.72. The number of carbonyl (C=O) groups is 1. The van der Waals surface area contributed by atoms with Crippen LogP contribution in [0.15, 0.2) is 29.1 Å². The second kappa shape index (κ2) is 6.63. The van der Waals surface area contributed by atoms with Crippen molar-refractivity contribution >= 4 is 16.9 Å². The summed E-state index contributed by atoms with van der Waals surface area (Å²) in [6.45, 7) is 2.47. The van der Waals surface area contributed by atoms with Gasteiger partial charge in [-0.15, -0.1) is 0 Å². The second-order valence-corrected chi connectivity index (χ2v) is 8.46. The molecule has 0 amide bonds. The molecule has 0 unspecified atom stereocenters. The average molecular weight is 421 g/mol. The molecule has 0 saturated carbocycles. The van der Waals surface area contributed by atoms with Gasteiger partial charge in [0, 0.05) is 23.1 Å². The number of esters is 1. The number of rotatable bonds is 3. The molecule has 2 aliphatic heterocycles.